The average molecular weight is 537 g/mol. The van der Waals surface area contributed by atoms with Gasteiger partial charge >= 0.3 is 17.7 Å². The van der Waals surface area contributed by atoms with Crippen LogP contribution in [0.2, 0.25) is 5.02 Å². The van der Waals surface area contributed by atoms with E-state index in [0.29, 0.717) is 16.8 Å². The molecular weight excluding hydrogens is 517 g/mol. The van der Waals surface area contributed by atoms with Crippen molar-refractivity contribution in [2.75, 3.05) is 5.73 Å². The number of alkyl halides is 3. The van der Waals surface area contributed by atoms with E-state index < -0.39 is 28.3 Å². The number of nitro groups is 1. The van der Waals surface area contributed by atoms with Crippen molar-refractivity contribution < 1.29 is 22.8 Å². The predicted octanol–water partition coefficient (Wildman–Crippen LogP) is 5.06. The third-order valence-corrected chi connectivity index (χ3v) is 5.54. The lowest BCUT2D eigenvalue weighted by Crippen LogP contribution is -2.10. The van der Waals surface area contributed by atoms with Gasteiger partial charge in [0.15, 0.2) is 11.5 Å². The zero-order valence-corrected chi connectivity index (χ0v) is 20.4. The molecule has 0 aliphatic rings. The molecule has 0 aliphatic heterocycles. The van der Waals surface area contributed by atoms with E-state index in [1.54, 1.807) is 28.9 Å². The number of ether oxygens (including phenoxy) is 1. The van der Waals surface area contributed by atoms with Crippen molar-refractivity contribution in [3.8, 4) is 28.8 Å². The Bertz CT molecular complexity index is 1470. The van der Waals surface area contributed by atoms with Gasteiger partial charge in [0.2, 0.25) is 5.82 Å². The minimum atomic E-state index is -4.56. The number of nitrogens with two attached hydrogens (primary N) is 1. The lowest BCUT2D eigenvalue weighted by molar-refractivity contribution is -0.385. The Morgan fingerprint density at radius 2 is 1.86 bits per heavy atom. The normalized spacial score (nSPS) is 11.8. The second kappa shape index (κ2) is 9.69. The topological polar surface area (TPSA) is 140 Å². The molecule has 0 aliphatic carbocycles. The number of nitrogen functional groups attached to an aromatic ring is 1. The number of nitrogens with zero attached hydrogens (tertiary/aromatic N) is 7. The van der Waals surface area contributed by atoms with Gasteiger partial charge in [-0.15, -0.1) is 0 Å². The molecule has 0 spiro atoms. The lowest BCUT2D eigenvalue weighted by Gasteiger charge is -2.13. The molecule has 0 fully saturated rings. The highest BCUT2D eigenvalue weighted by molar-refractivity contribution is 6.32. The smallest absolute Gasteiger partial charge is 0.434 e. The molecule has 0 saturated heterocycles. The first-order chi connectivity index (χ1) is 17.4. The molecule has 37 heavy (non-hydrogen) atoms. The molecular formula is C22H20ClF3N8O3. The Balaban J connectivity index is 1.62. The first kappa shape index (κ1) is 25.9. The molecule has 0 saturated carbocycles. The van der Waals surface area contributed by atoms with Crippen LogP contribution in [0.3, 0.4) is 0 Å². The molecule has 0 unspecified atom stereocenters. The third kappa shape index (κ3) is 5.18. The van der Waals surface area contributed by atoms with Gasteiger partial charge in [0.05, 0.1) is 16.1 Å². The maximum Gasteiger partial charge on any atom is 0.434 e. The fourth-order valence-corrected chi connectivity index (χ4v) is 3.76. The molecule has 0 radical (unpaired) electrons. The van der Waals surface area contributed by atoms with Crippen molar-refractivity contribution in [2.24, 2.45) is 7.05 Å². The summed E-state index contributed by atoms with van der Waals surface area (Å²) in [5.74, 6) is -0.659. The van der Waals surface area contributed by atoms with Gasteiger partial charge in [-0.25, -0.2) is 9.97 Å². The van der Waals surface area contributed by atoms with Crippen LogP contribution in [0.4, 0.5) is 24.7 Å². The van der Waals surface area contributed by atoms with Crippen molar-refractivity contribution in [2.45, 2.75) is 32.7 Å². The van der Waals surface area contributed by atoms with Gasteiger partial charge in [-0.2, -0.15) is 23.3 Å². The molecule has 15 heteroatoms. The molecule has 0 bridgehead atoms. The van der Waals surface area contributed by atoms with Gasteiger partial charge in [0.25, 0.3) is 0 Å². The second-order valence-electron chi connectivity index (χ2n) is 8.27. The first-order valence-corrected chi connectivity index (χ1v) is 11.1. The Labute approximate surface area is 212 Å². The standard InChI is InChI=1S/C22H20ClF3N8O3/c1-11(2)33-16(14(23)8-28-33)19-30-18(27)17(34(35)36)21(31-19)37-10-12-4-6-13(7-5-12)20-29-15(9-32(20)3)22(24,25)26/h4-9,11H,10H2,1-3H3,(H2,27,30,31). The Kier molecular flexibility index (Phi) is 6.78. The molecule has 2 N–H and O–H groups in total. The van der Waals surface area contributed by atoms with Crippen LogP contribution in [0.15, 0.2) is 36.7 Å². The number of imidazole rings is 1. The Morgan fingerprint density at radius 1 is 1.19 bits per heavy atom. The van der Waals surface area contributed by atoms with Crippen LogP contribution in [-0.2, 0) is 19.8 Å². The van der Waals surface area contributed by atoms with Crippen LogP contribution in [0.5, 0.6) is 5.88 Å². The van der Waals surface area contributed by atoms with E-state index in [4.69, 9.17) is 22.1 Å². The van der Waals surface area contributed by atoms with Gasteiger partial charge in [-0.1, -0.05) is 35.9 Å². The van der Waals surface area contributed by atoms with E-state index in [9.17, 15) is 23.3 Å². The van der Waals surface area contributed by atoms with E-state index >= 15 is 0 Å². The number of benzene rings is 1. The van der Waals surface area contributed by atoms with Crippen LogP contribution in [0.1, 0.15) is 31.1 Å². The number of hydrogen-bond acceptors (Lipinski definition) is 8. The van der Waals surface area contributed by atoms with Crippen LogP contribution in [-0.4, -0.2) is 34.2 Å². The summed E-state index contributed by atoms with van der Waals surface area (Å²) in [6.45, 7) is 3.57. The van der Waals surface area contributed by atoms with Gasteiger partial charge in [-0.3, -0.25) is 14.8 Å². The number of hydrogen-bond donors (Lipinski definition) is 1. The summed E-state index contributed by atoms with van der Waals surface area (Å²) in [5.41, 5.74) is 5.58. The lowest BCUT2D eigenvalue weighted by atomic mass is 10.1. The Morgan fingerprint density at radius 3 is 2.43 bits per heavy atom. The van der Waals surface area contributed by atoms with Gasteiger partial charge in [-0.05, 0) is 19.4 Å². The maximum absolute atomic E-state index is 13.0. The summed E-state index contributed by atoms with van der Waals surface area (Å²) in [4.78, 5) is 22.8. The summed E-state index contributed by atoms with van der Waals surface area (Å²) in [6.07, 6.45) is -2.26. The highest BCUT2D eigenvalue weighted by Gasteiger charge is 2.34. The molecule has 4 rings (SSSR count). The van der Waals surface area contributed by atoms with Crippen LogP contribution < -0.4 is 10.5 Å². The van der Waals surface area contributed by atoms with Gasteiger partial charge in [0, 0.05) is 24.8 Å². The summed E-state index contributed by atoms with van der Waals surface area (Å²) in [6, 6.07) is 6.21. The zero-order chi connectivity index (χ0) is 27.1. The van der Waals surface area contributed by atoms with Gasteiger partial charge in [0.1, 0.15) is 18.1 Å². The fraction of sp³-hybridized carbons (Fsp3) is 0.273. The largest absolute Gasteiger partial charge is 0.468 e. The average Bonchev–Trinajstić information content (AvgIpc) is 3.40. The molecule has 0 atom stereocenters. The van der Waals surface area contributed by atoms with Crippen molar-refractivity contribution in [1.82, 2.24) is 29.3 Å². The van der Waals surface area contributed by atoms with Crippen LogP contribution >= 0.6 is 11.6 Å². The first-order valence-electron chi connectivity index (χ1n) is 10.7. The molecule has 1 aromatic carbocycles. The molecule has 4 aromatic rings. The molecule has 3 heterocycles. The number of aryl methyl sites for hydroxylation is 1. The molecule has 0 amide bonds. The molecule has 194 valence electrons. The number of halogens is 4. The molecule has 11 nitrogen and oxygen atoms in total. The minimum absolute atomic E-state index is 0.0000936. The Hall–Kier alpha value is -4.20. The highest BCUT2D eigenvalue weighted by Crippen LogP contribution is 2.36. The monoisotopic (exact) mass is 536 g/mol. The SMILES string of the molecule is CC(C)n1ncc(Cl)c1-c1nc(N)c([N+](=O)[O-])c(OCc2ccc(-c3nc(C(F)(F)F)cn3C)cc2)n1. The summed E-state index contributed by atoms with van der Waals surface area (Å²) >= 11 is 6.26. The van der Waals surface area contributed by atoms with Crippen LogP contribution in [0.25, 0.3) is 22.9 Å². The minimum Gasteiger partial charge on any atom is -0.468 e. The number of rotatable bonds is 7. The summed E-state index contributed by atoms with van der Waals surface area (Å²) in [7, 11) is 1.46. The van der Waals surface area contributed by atoms with Gasteiger partial charge < -0.3 is 15.0 Å². The van der Waals surface area contributed by atoms with E-state index in [-0.39, 0.29) is 35.2 Å². The highest BCUT2D eigenvalue weighted by atomic mass is 35.5. The van der Waals surface area contributed by atoms with Crippen LogP contribution in [0, 0.1) is 10.1 Å². The third-order valence-electron chi connectivity index (χ3n) is 5.27. The van der Waals surface area contributed by atoms with Crippen molar-refractivity contribution in [1.29, 1.82) is 0 Å². The number of anilines is 1. The van der Waals surface area contributed by atoms with Crippen molar-refractivity contribution >= 4 is 23.1 Å². The maximum atomic E-state index is 13.0. The number of aromatic nitrogens is 6. The van der Waals surface area contributed by atoms with E-state index in [2.05, 4.69) is 20.1 Å². The quantitative estimate of drug-likeness (QED) is 0.255. The van der Waals surface area contributed by atoms with Crippen molar-refractivity contribution in [3.63, 3.8) is 0 Å². The fourth-order valence-electron chi connectivity index (χ4n) is 3.54. The van der Waals surface area contributed by atoms with E-state index in [1.807, 2.05) is 13.8 Å². The zero-order valence-electron chi connectivity index (χ0n) is 19.7. The summed E-state index contributed by atoms with van der Waals surface area (Å²) in [5, 5.41) is 16.0. The second-order valence-corrected chi connectivity index (χ2v) is 8.67. The molecule has 3 aromatic heterocycles. The van der Waals surface area contributed by atoms with Crippen molar-refractivity contribution in [3.05, 3.63) is 63.1 Å². The van der Waals surface area contributed by atoms with E-state index in [1.165, 1.54) is 17.8 Å². The predicted molar refractivity (Wildman–Crippen MR) is 128 cm³/mol. The van der Waals surface area contributed by atoms with E-state index in [0.717, 1.165) is 6.20 Å². The summed E-state index contributed by atoms with van der Waals surface area (Å²) < 4.78 is 47.4.